The largest absolute Gasteiger partial charge is 0.394 e. The van der Waals surface area contributed by atoms with Crippen molar-refractivity contribution in [2.24, 2.45) is 10.9 Å². The van der Waals surface area contributed by atoms with Gasteiger partial charge in [-0.25, -0.2) is 0 Å². The molecule has 0 amide bonds. The minimum Gasteiger partial charge on any atom is -0.394 e. The molecule has 70 valence electrons. The molecular weight excluding hydrogens is 154 g/mol. The Hall–Kier alpha value is -0.700. The Bertz CT molecular complexity index is 175. The summed E-state index contributed by atoms with van der Waals surface area (Å²) >= 11 is 0. The molecule has 0 heterocycles. The van der Waals surface area contributed by atoms with Crippen molar-refractivity contribution in [3.63, 3.8) is 0 Å². The SMILES string of the molecule is CCC(C(C)=O)C(C)=NCCO. The monoisotopic (exact) mass is 171 g/mol. The van der Waals surface area contributed by atoms with Gasteiger partial charge in [0, 0.05) is 5.71 Å². The summed E-state index contributed by atoms with van der Waals surface area (Å²) in [5.74, 6) is 0.0910. The van der Waals surface area contributed by atoms with Crippen molar-refractivity contribution in [3.05, 3.63) is 0 Å². The van der Waals surface area contributed by atoms with Crippen molar-refractivity contribution in [2.45, 2.75) is 27.2 Å². The molecule has 0 saturated carbocycles. The summed E-state index contributed by atoms with van der Waals surface area (Å²) < 4.78 is 0. The lowest BCUT2D eigenvalue weighted by Gasteiger charge is -2.10. The fraction of sp³-hybridized carbons (Fsp3) is 0.778. The quantitative estimate of drug-likeness (QED) is 0.629. The lowest BCUT2D eigenvalue weighted by molar-refractivity contribution is -0.118. The second-order valence-corrected chi connectivity index (χ2v) is 2.82. The van der Waals surface area contributed by atoms with E-state index in [9.17, 15) is 4.79 Å². The zero-order valence-corrected chi connectivity index (χ0v) is 8.00. The molecule has 1 N–H and O–H groups in total. The first kappa shape index (κ1) is 11.3. The molecule has 0 rings (SSSR count). The van der Waals surface area contributed by atoms with Crippen LogP contribution in [0.5, 0.6) is 0 Å². The lowest BCUT2D eigenvalue weighted by Crippen LogP contribution is -2.19. The maximum Gasteiger partial charge on any atom is 0.138 e. The van der Waals surface area contributed by atoms with Gasteiger partial charge in [-0.1, -0.05) is 6.92 Å². The van der Waals surface area contributed by atoms with E-state index in [0.29, 0.717) is 6.54 Å². The van der Waals surface area contributed by atoms with Gasteiger partial charge >= 0.3 is 0 Å². The van der Waals surface area contributed by atoms with Crippen molar-refractivity contribution in [1.82, 2.24) is 0 Å². The number of aliphatic hydroxyl groups excluding tert-OH is 1. The Morgan fingerprint density at radius 1 is 1.50 bits per heavy atom. The summed E-state index contributed by atoms with van der Waals surface area (Å²) in [6.45, 7) is 5.82. The van der Waals surface area contributed by atoms with E-state index >= 15 is 0 Å². The first-order valence-electron chi connectivity index (χ1n) is 4.25. The van der Waals surface area contributed by atoms with E-state index in [0.717, 1.165) is 12.1 Å². The third kappa shape index (κ3) is 3.62. The number of hydrogen-bond acceptors (Lipinski definition) is 3. The van der Waals surface area contributed by atoms with Crippen molar-refractivity contribution < 1.29 is 9.90 Å². The first-order valence-corrected chi connectivity index (χ1v) is 4.25. The van der Waals surface area contributed by atoms with Gasteiger partial charge < -0.3 is 5.11 Å². The van der Waals surface area contributed by atoms with E-state index in [2.05, 4.69) is 4.99 Å². The van der Waals surface area contributed by atoms with E-state index in [1.54, 1.807) is 6.92 Å². The normalized spacial score (nSPS) is 14.5. The maximum absolute atomic E-state index is 11.0. The summed E-state index contributed by atoms with van der Waals surface area (Å²) in [6, 6.07) is 0. The maximum atomic E-state index is 11.0. The molecule has 1 unspecified atom stereocenters. The second-order valence-electron chi connectivity index (χ2n) is 2.82. The molecule has 0 spiro atoms. The molecule has 0 aliphatic carbocycles. The van der Waals surface area contributed by atoms with E-state index < -0.39 is 0 Å². The molecular formula is C9H17NO2. The zero-order valence-electron chi connectivity index (χ0n) is 8.00. The average Bonchev–Trinajstić information content (AvgIpc) is 2.01. The molecule has 3 heteroatoms. The topological polar surface area (TPSA) is 49.7 Å². The molecule has 1 atom stereocenters. The van der Waals surface area contributed by atoms with Crippen LogP contribution in [0.4, 0.5) is 0 Å². The molecule has 0 aliphatic heterocycles. The number of aliphatic hydroxyl groups is 1. The standard InChI is InChI=1S/C9H17NO2/c1-4-9(8(3)12)7(2)10-5-6-11/h9,11H,4-6H2,1-3H3. The first-order chi connectivity index (χ1) is 5.63. The van der Waals surface area contributed by atoms with Gasteiger partial charge in [-0.3, -0.25) is 9.79 Å². The van der Waals surface area contributed by atoms with Gasteiger partial charge in [-0.15, -0.1) is 0 Å². The van der Waals surface area contributed by atoms with Crippen LogP contribution in [0.1, 0.15) is 27.2 Å². The Labute approximate surface area is 73.5 Å². The summed E-state index contributed by atoms with van der Waals surface area (Å²) in [5.41, 5.74) is 0.832. The van der Waals surface area contributed by atoms with Crippen LogP contribution in [0.2, 0.25) is 0 Å². The zero-order chi connectivity index (χ0) is 9.56. The number of hydrogen-bond donors (Lipinski definition) is 1. The minimum atomic E-state index is -0.0588. The van der Waals surface area contributed by atoms with E-state index in [1.165, 1.54) is 0 Å². The second kappa shape index (κ2) is 5.89. The van der Waals surface area contributed by atoms with E-state index in [4.69, 9.17) is 5.11 Å². The molecule has 0 aromatic heterocycles. The van der Waals surface area contributed by atoms with Crippen molar-refractivity contribution in [2.75, 3.05) is 13.2 Å². The summed E-state index contributed by atoms with van der Waals surface area (Å²) in [4.78, 5) is 15.1. The van der Waals surface area contributed by atoms with Gasteiger partial charge in [0.05, 0.1) is 19.1 Å². The van der Waals surface area contributed by atoms with Crippen molar-refractivity contribution in [1.29, 1.82) is 0 Å². The minimum absolute atomic E-state index is 0.0473. The number of ketones is 1. The van der Waals surface area contributed by atoms with E-state index in [-0.39, 0.29) is 18.3 Å². The highest BCUT2D eigenvalue weighted by Gasteiger charge is 2.14. The third-order valence-electron chi connectivity index (χ3n) is 1.86. The Morgan fingerprint density at radius 3 is 2.42 bits per heavy atom. The number of carbonyl (C=O) groups is 1. The number of aliphatic imine (C=N–C) groups is 1. The van der Waals surface area contributed by atoms with Crippen LogP contribution in [0.15, 0.2) is 4.99 Å². The molecule has 0 aromatic carbocycles. The fourth-order valence-corrected chi connectivity index (χ4v) is 1.21. The van der Waals surface area contributed by atoms with Crippen LogP contribution in [-0.4, -0.2) is 29.8 Å². The van der Waals surface area contributed by atoms with Gasteiger partial charge in [0.15, 0.2) is 0 Å². The molecule has 0 bridgehead atoms. The summed E-state index contributed by atoms with van der Waals surface area (Å²) in [5, 5.41) is 8.52. The van der Waals surface area contributed by atoms with Gasteiger partial charge in [-0.05, 0) is 20.3 Å². The van der Waals surface area contributed by atoms with Crippen molar-refractivity contribution in [3.8, 4) is 0 Å². The van der Waals surface area contributed by atoms with Gasteiger partial charge in [-0.2, -0.15) is 0 Å². The molecule has 0 saturated heterocycles. The number of nitrogens with zero attached hydrogens (tertiary/aromatic N) is 1. The fourth-order valence-electron chi connectivity index (χ4n) is 1.21. The smallest absolute Gasteiger partial charge is 0.138 e. The third-order valence-corrected chi connectivity index (χ3v) is 1.86. The van der Waals surface area contributed by atoms with Gasteiger partial charge in [0.25, 0.3) is 0 Å². The molecule has 0 aromatic rings. The molecule has 0 fully saturated rings. The van der Waals surface area contributed by atoms with E-state index in [1.807, 2.05) is 13.8 Å². The van der Waals surface area contributed by atoms with Gasteiger partial charge in [0.1, 0.15) is 5.78 Å². The van der Waals surface area contributed by atoms with Crippen LogP contribution in [0.3, 0.4) is 0 Å². The Morgan fingerprint density at radius 2 is 2.08 bits per heavy atom. The average molecular weight is 171 g/mol. The molecule has 12 heavy (non-hydrogen) atoms. The van der Waals surface area contributed by atoms with Crippen LogP contribution in [-0.2, 0) is 4.79 Å². The predicted molar refractivity (Wildman–Crippen MR) is 49.5 cm³/mol. The van der Waals surface area contributed by atoms with Gasteiger partial charge in [0.2, 0.25) is 0 Å². The van der Waals surface area contributed by atoms with Crippen LogP contribution < -0.4 is 0 Å². The number of carbonyl (C=O) groups excluding carboxylic acids is 1. The lowest BCUT2D eigenvalue weighted by atomic mass is 9.97. The highest BCUT2D eigenvalue weighted by atomic mass is 16.3. The summed E-state index contributed by atoms with van der Waals surface area (Å²) in [7, 11) is 0. The number of rotatable bonds is 5. The predicted octanol–water partition coefficient (Wildman–Crippen LogP) is 1.05. The van der Waals surface area contributed by atoms with Crippen LogP contribution in [0, 0.1) is 5.92 Å². The highest BCUT2D eigenvalue weighted by molar-refractivity contribution is 6.02. The Balaban J connectivity index is 4.20. The molecule has 0 aliphatic rings. The van der Waals surface area contributed by atoms with Crippen molar-refractivity contribution >= 4 is 11.5 Å². The molecule has 3 nitrogen and oxygen atoms in total. The highest BCUT2D eigenvalue weighted by Crippen LogP contribution is 2.06. The Kier molecular flexibility index (Phi) is 5.54. The molecule has 0 radical (unpaired) electrons. The summed E-state index contributed by atoms with van der Waals surface area (Å²) in [6.07, 6.45) is 0.788. The van der Waals surface area contributed by atoms with Crippen LogP contribution >= 0.6 is 0 Å². The van der Waals surface area contributed by atoms with Crippen LogP contribution in [0.25, 0.3) is 0 Å². The number of Topliss-reactive ketones (excluding diaryl/α,β-unsaturated/α-hetero) is 1.